The van der Waals surface area contributed by atoms with Gasteiger partial charge in [0.2, 0.25) is 0 Å². The van der Waals surface area contributed by atoms with Crippen LogP contribution in [0.1, 0.15) is 16.7 Å². The van der Waals surface area contributed by atoms with E-state index in [1.165, 1.54) is 54.6 Å². The molecule has 0 fully saturated rings. The van der Waals surface area contributed by atoms with Gasteiger partial charge in [0, 0.05) is 44.2 Å². The molecule has 0 spiro atoms. The minimum atomic E-state index is -4.88. The molecule has 0 atom stereocenters. The quantitative estimate of drug-likeness (QED) is 0.118. The lowest BCUT2D eigenvalue weighted by molar-refractivity contribution is -0.137. The summed E-state index contributed by atoms with van der Waals surface area (Å²) in [6.07, 6.45) is -9.76. The summed E-state index contributed by atoms with van der Waals surface area (Å²) >= 11 is 0. The number of alkyl halides is 6. The zero-order chi connectivity index (χ0) is 46.5. The number of hydrogen-bond donors (Lipinski definition) is 0. The normalized spacial score (nSPS) is 11.7. The molecule has 67 heavy (non-hydrogen) atoms. The summed E-state index contributed by atoms with van der Waals surface area (Å²) in [4.78, 5) is 13.6. The molecule has 2 heterocycles. The van der Waals surface area contributed by atoms with Crippen LogP contribution in [-0.4, -0.2) is 14.5 Å². The molecule has 322 valence electrons. The van der Waals surface area contributed by atoms with E-state index in [4.69, 9.17) is 16.5 Å². The number of hydrogen-bond acceptors (Lipinski definition) is 3. The van der Waals surface area contributed by atoms with Crippen LogP contribution in [0.15, 0.2) is 188 Å². The molecule has 0 aliphatic rings. The average molecular weight is 888 g/mol. The van der Waals surface area contributed by atoms with Crippen molar-refractivity contribution < 1.29 is 26.3 Å². The molecule has 0 radical (unpaired) electrons. The Bertz CT molecular complexity index is 3500. The van der Waals surface area contributed by atoms with Gasteiger partial charge in [-0.1, -0.05) is 127 Å². The second kappa shape index (κ2) is 16.6. The van der Waals surface area contributed by atoms with Gasteiger partial charge < -0.3 is 4.57 Å². The smallest absolute Gasteiger partial charge is 0.308 e. The fraction of sp³-hybridized carbons (Fsp3) is 0.0357. The Morgan fingerprint density at radius 2 is 0.985 bits per heavy atom. The maximum Gasteiger partial charge on any atom is 0.417 e. The summed E-state index contributed by atoms with van der Waals surface area (Å²) in [6, 6.07) is 52.8. The highest BCUT2D eigenvalue weighted by atomic mass is 19.4. The SMILES string of the molecule is [C-]#[N+]c1cc(C#N)ccc1-c1ccc2c(c1)c1ccccc1n2-c1c(-c2ccccc2C(F)(F)F)cc(-c2nc(-c3ccccc3)cc(-c3ccccc3)n2)cc1-c1ccccc1C(F)(F)F. The van der Waals surface area contributed by atoms with Crippen molar-refractivity contribution in [2.24, 2.45) is 0 Å². The van der Waals surface area contributed by atoms with Gasteiger partial charge in [-0.2, -0.15) is 31.6 Å². The fourth-order valence-corrected chi connectivity index (χ4v) is 8.75. The van der Waals surface area contributed by atoms with Crippen LogP contribution in [0.25, 0.3) is 99.6 Å². The molecule has 8 aromatic carbocycles. The first-order valence-electron chi connectivity index (χ1n) is 20.9. The first kappa shape index (κ1) is 42.2. The Morgan fingerprint density at radius 1 is 0.463 bits per heavy atom. The zero-order valence-electron chi connectivity index (χ0n) is 34.9. The number of para-hydroxylation sites is 1. The number of fused-ring (bicyclic) bond motifs is 3. The van der Waals surface area contributed by atoms with Crippen molar-refractivity contribution >= 4 is 27.5 Å². The third kappa shape index (κ3) is 7.73. The first-order chi connectivity index (χ1) is 32.4. The Morgan fingerprint density at radius 3 is 1.54 bits per heavy atom. The lowest BCUT2D eigenvalue weighted by atomic mass is 9.88. The molecule has 0 N–H and O–H groups in total. The molecule has 0 aliphatic heterocycles. The summed E-state index contributed by atoms with van der Waals surface area (Å²) in [7, 11) is 0. The second-order valence-electron chi connectivity index (χ2n) is 15.7. The first-order valence-corrected chi connectivity index (χ1v) is 20.9. The van der Waals surface area contributed by atoms with E-state index in [0.717, 1.165) is 23.3 Å². The minimum absolute atomic E-state index is 0.0264. The van der Waals surface area contributed by atoms with Crippen molar-refractivity contribution in [3.8, 4) is 79.0 Å². The van der Waals surface area contributed by atoms with Crippen molar-refractivity contribution in [1.82, 2.24) is 14.5 Å². The molecule has 0 aliphatic carbocycles. The van der Waals surface area contributed by atoms with E-state index in [1.54, 1.807) is 53.1 Å². The lowest BCUT2D eigenvalue weighted by Crippen LogP contribution is -2.11. The van der Waals surface area contributed by atoms with Gasteiger partial charge in [-0.25, -0.2) is 14.8 Å². The number of rotatable bonds is 7. The Balaban J connectivity index is 1.37. The summed E-state index contributed by atoms with van der Waals surface area (Å²) in [6.45, 7) is 7.88. The van der Waals surface area contributed by atoms with E-state index in [2.05, 4.69) is 10.9 Å². The summed E-state index contributed by atoms with van der Waals surface area (Å²) in [5.74, 6) is 0.0770. The van der Waals surface area contributed by atoms with Crippen molar-refractivity contribution in [2.45, 2.75) is 12.4 Å². The Labute approximate surface area is 380 Å². The van der Waals surface area contributed by atoms with Gasteiger partial charge in [0.25, 0.3) is 0 Å². The van der Waals surface area contributed by atoms with E-state index in [1.807, 2.05) is 72.8 Å². The zero-order valence-corrected chi connectivity index (χ0v) is 34.9. The number of nitriles is 1. The summed E-state index contributed by atoms with van der Waals surface area (Å²) < 4.78 is 93.9. The van der Waals surface area contributed by atoms with Gasteiger partial charge in [-0.05, 0) is 82.9 Å². The third-order valence-corrected chi connectivity index (χ3v) is 11.7. The number of halogens is 6. The largest absolute Gasteiger partial charge is 0.417 e. The minimum Gasteiger partial charge on any atom is -0.308 e. The molecule has 0 unspecified atom stereocenters. The van der Waals surface area contributed by atoms with Crippen LogP contribution in [0, 0.1) is 17.9 Å². The molecule has 5 nitrogen and oxygen atoms in total. The summed E-state index contributed by atoms with van der Waals surface area (Å²) in [5.41, 5.74) is 2.74. The van der Waals surface area contributed by atoms with Crippen LogP contribution in [-0.2, 0) is 12.4 Å². The standard InChI is InChI=1S/C56H31F6N5/c1-64-50-28-34(33-63)24-26-39(50)37-25-27-52-43(29-37)42-20-10-13-23-51(42)67(52)53-44(40-18-8-11-21-46(40)55(57,58)59)30-38(31-45(53)41-19-9-12-22-47(41)56(60,61)62)54-65-48(35-14-4-2-5-15-35)32-49(66-54)36-16-6-3-7-17-36/h2-32H. The van der Waals surface area contributed by atoms with E-state index in [0.29, 0.717) is 49.9 Å². The predicted octanol–water partition coefficient (Wildman–Crippen LogP) is 16.0. The average Bonchev–Trinajstić information content (AvgIpc) is 3.68. The maximum atomic E-state index is 15.4. The van der Waals surface area contributed by atoms with Crippen LogP contribution < -0.4 is 0 Å². The van der Waals surface area contributed by atoms with Crippen molar-refractivity contribution in [2.75, 3.05) is 0 Å². The van der Waals surface area contributed by atoms with Crippen LogP contribution in [0.5, 0.6) is 0 Å². The van der Waals surface area contributed by atoms with Gasteiger partial charge in [-0.15, -0.1) is 0 Å². The molecule has 11 heteroatoms. The molecular weight excluding hydrogens is 857 g/mol. The Hall–Kier alpha value is -8.80. The van der Waals surface area contributed by atoms with E-state index < -0.39 is 23.5 Å². The molecule has 10 aromatic rings. The number of benzene rings is 8. The number of aromatic nitrogens is 3. The highest BCUT2D eigenvalue weighted by molar-refractivity contribution is 6.12. The van der Waals surface area contributed by atoms with Crippen LogP contribution in [0.4, 0.5) is 32.0 Å². The third-order valence-electron chi connectivity index (χ3n) is 11.7. The van der Waals surface area contributed by atoms with Crippen molar-refractivity contribution in [1.29, 1.82) is 5.26 Å². The van der Waals surface area contributed by atoms with Gasteiger partial charge in [0.1, 0.15) is 0 Å². The topological polar surface area (TPSA) is 58.9 Å². The van der Waals surface area contributed by atoms with Gasteiger partial charge >= 0.3 is 12.4 Å². The monoisotopic (exact) mass is 887 g/mol. The van der Waals surface area contributed by atoms with Gasteiger partial charge in [-0.3, -0.25) is 0 Å². The van der Waals surface area contributed by atoms with Crippen molar-refractivity contribution in [3.63, 3.8) is 0 Å². The van der Waals surface area contributed by atoms with Crippen LogP contribution >= 0.6 is 0 Å². The van der Waals surface area contributed by atoms with E-state index in [9.17, 15) is 5.26 Å². The van der Waals surface area contributed by atoms with Crippen molar-refractivity contribution in [3.05, 3.63) is 216 Å². The lowest BCUT2D eigenvalue weighted by Gasteiger charge is -2.24. The highest BCUT2D eigenvalue weighted by Gasteiger charge is 2.37. The summed E-state index contributed by atoms with van der Waals surface area (Å²) in [5, 5.41) is 10.8. The van der Waals surface area contributed by atoms with E-state index in [-0.39, 0.29) is 45.0 Å². The number of nitrogens with zero attached hydrogens (tertiary/aromatic N) is 5. The second-order valence-corrected chi connectivity index (χ2v) is 15.7. The van der Waals surface area contributed by atoms with Crippen LogP contribution in [0.3, 0.4) is 0 Å². The van der Waals surface area contributed by atoms with E-state index >= 15 is 26.3 Å². The van der Waals surface area contributed by atoms with Gasteiger partial charge in [0.15, 0.2) is 11.5 Å². The van der Waals surface area contributed by atoms with Crippen LogP contribution in [0.2, 0.25) is 0 Å². The highest BCUT2D eigenvalue weighted by Crippen LogP contribution is 2.49. The predicted molar refractivity (Wildman–Crippen MR) is 250 cm³/mol. The fourth-order valence-electron chi connectivity index (χ4n) is 8.75. The molecule has 2 aromatic heterocycles. The molecular formula is C56H31F6N5. The molecule has 10 rings (SSSR count). The molecule has 0 amide bonds. The maximum absolute atomic E-state index is 15.4. The molecule has 0 saturated carbocycles. The molecule has 0 bridgehead atoms. The molecule has 0 saturated heterocycles. The van der Waals surface area contributed by atoms with Gasteiger partial charge in [0.05, 0.1) is 51.9 Å². The Kier molecular flexibility index (Phi) is 10.5.